The third-order valence-corrected chi connectivity index (χ3v) is 7.39. The number of esters is 1. The number of halogens is 4. The Morgan fingerprint density at radius 3 is 2.36 bits per heavy atom. The van der Waals surface area contributed by atoms with Crippen LogP contribution >= 0.6 is 0 Å². The maximum Gasteiger partial charge on any atom is 0.417 e. The summed E-state index contributed by atoms with van der Waals surface area (Å²) in [6.07, 6.45) is -2.60. The van der Waals surface area contributed by atoms with Crippen molar-refractivity contribution in [1.29, 1.82) is 0 Å². The van der Waals surface area contributed by atoms with Crippen molar-refractivity contribution in [3.8, 4) is 28.4 Å². The summed E-state index contributed by atoms with van der Waals surface area (Å²) in [4.78, 5) is 12.8. The number of carbonyl (C=O) groups excluding carboxylic acids is 1. The van der Waals surface area contributed by atoms with Gasteiger partial charge in [-0.15, -0.1) is 0 Å². The lowest BCUT2D eigenvalue weighted by molar-refractivity contribution is -0.138. The monoisotopic (exact) mass is 605 g/mol. The van der Waals surface area contributed by atoms with Gasteiger partial charge in [0.1, 0.15) is 29.7 Å². The lowest BCUT2D eigenvalue weighted by Gasteiger charge is -2.33. The molecule has 5 rings (SSSR count). The molecule has 5 nitrogen and oxygen atoms in total. The van der Waals surface area contributed by atoms with Crippen LogP contribution in [0.15, 0.2) is 78.9 Å². The smallest absolute Gasteiger partial charge is 0.417 e. The molecule has 0 aliphatic carbocycles. The lowest BCUT2D eigenvalue weighted by atomic mass is 9.85. The molecular formula is C35H31F4NO4. The van der Waals surface area contributed by atoms with Gasteiger partial charge in [-0.3, -0.25) is 0 Å². The predicted octanol–water partition coefficient (Wildman–Crippen LogP) is 9.23. The number of aryl methyl sites for hydroxylation is 1. The van der Waals surface area contributed by atoms with Crippen molar-refractivity contribution < 1.29 is 36.6 Å². The van der Waals surface area contributed by atoms with Gasteiger partial charge in [-0.05, 0) is 80.8 Å². The van der Waals surface area contributed by atoms with Crippen molar-refractivity contribution in [3.63, 3.8) is 0 Å². The average molecular weight is 606 g/mol. The molecule has 228 valence electrons. The van der Waals surface area contributed by atoms with E-state index in [2.05, 4.69) is 25.2 Å². The SMILES string of the molecule is COc1cc(OC(=O)c2ccccc2C(F)(F)F)ccc1-c1ccc2c(c1COc1cc(F)ccc1C)C(C)=CC(C)(C)N2. The van der Waals surface area contributed by atoms with E-state index in [1.54, 1.807) is 12.1 Å². The summed E-state index contributed by atoms with van der Waals surface area (Å²) in [6, 6.07) is 17.3. The van der Waals surface area contributed by atoms with E-state index in [0.29, 0.717) is 17.1 Å². The Balaban J connectivity index is 1.55. The molecule has 0 radical (unpaired) electrons. The Bertz CT molecular complexity index is 1780. The number of anilines is 1. The second-order valence-corrected chi connectivity index (χ2v) is 11.2. The molecule has 0 unspecified atom stereocenters. The number of ether oxygens (including phenoxy) is 3. The molecule has 0 spiro atoms. The molecule has 4 aromatic carbocycles. The van der Waals surface area contributed by atoms with Gasteiger partial charge in [0.2, 0.25) is 0 Å². The number of methoxy groups -OCH3 is 1. The first-order chi connectivity index (χ1) is 20.8. The van der Waals surface area contributed by atoms with Crippen molar-refractivity contribution in [1.82, 2.24) is 0 Å². The molecule has 0 fully saturated rings. The minimum Gasteiger partial charge on any atom is -0.496 e. The van der Waals surface area contributed by atoms with Gasteiger partial charge in [-0.25, -0.2) is 9.18 Å². The fourth-order valence-electron chi connectivity index (χ4n) is 5.51. The number of hydrogen-bond donors (Lipinski definition) is 1. The fourth-order valence-corrected chi connectivity index (χ4v) is 5.51. The number of allylic oxidation sites excluding steroid dienone is 1. The summed E-state index contributed by atoms with van der Waals surface area (Å²) in [6.45, 7) is 8.08. The number of benzene rings is 4. The molecule has 1 N–H and O–H groups in total. The molecular weight excluding hydrogens is 574 g/mol. The molecule has 1 heterocycles. The van der Waals surface area contributed by atoms with Crippen LogP contribution in [0.3, 0.4) is 0 Å². The highest BCUT2D eigenvalue weighted by molar-refractivity contribution is 5.93. The van der Waals surface area contributed by atoms with Gasteiger partial charge in [0.25, 0.3) is 0 Å². The number of alkyl halides is 3. The number of fused-ring (bicyclic) bond motifs is 1. The van der Waals surface area contributed by atoms with Crippen molar-refractivity contribution in [2.75, 3.05) is 12.4 Å². The van der Waals surface area contributed by atoms with Gasteiger partial charge in [-0.2, -0.15) is 13.2 Å². The summed E-state index contributed by atoms with van der Waals surface area (Å²) in [5.74, 6) is -0.806. The summed E-state index contributed by atoms with van der Waals surface area (Å²) < 4.78 is 71.7. The number of hydrogen-bond acceptors (Lipinski definition) is 5. The maximum absolute atomic E-state index is 14.0. The van der Waals surface area contributed by atoms with E-state index in [1.165, 1.54) is 43.5 Å². The molecule has 1 aliphatic heterocycles. The third-order valence-electron chi connectivity index (χ3n) is 7.39. The van der Waals surface area contributed by atoms with E-state index in [-0.39, 0.29) is 17.9 Å². The van der Waals surface area contributed by atoms with Crippen LogP contribution in [0.25, 0.3) is 16.7 Å². The Hall–Kier alpha value is -4.79. The summed E-state index contributed by atoms with van der Waals surface area (Å²) in [5.41, 5.74) is 3.87. The van der Waals surface area contributed by atoms with Crippen LogP contribution in [-0.2, 0) is 12.8 Å². The quantitative estimate of drug-likeness (QED) is 0.129. The van der Waals surface area contributed by atoms with Crippen LogP contribution in [0.2, 0.25) is 0 Å². The minimum absolute atomic E-state index is 0.0122. The molecule has 0 saturated heterocycles. The molecule has 0 bridgehead atoms. The molecule has 0 amide bonds. The van der Waals surface area contributed by atoms with Gasteiger partial charge >= 0.3 is 12.1 Å². The Morgan fingerprint density at radius 2 is 1.64 bits per heavy atom. The lowest BCUT2D eigenvalue weighted by Crippen LogP contribution is -2.32. The van der Waals surface area contributed by atoms with E-state index in [1.807, 2.05) is 26.0 Å². The van der Waals surface area contributed by atoms with Crippen LogP contribution in [0.4, 0.5) is 23.2 Å². The largest absolute Gasteiger partial charge is 0.496 e. The van der Waals surface area contributed by atoms with Crippen LogP contribution in [-0.4, -0.2) is 18.6 Å². The molecule has 0 atom stereocenters. The van der Waals surface area contributed by atoms with Gasteiger partial charge in [0, 0.05) is 34.5 Å². The highest BCUT2D eigenvalue weighted by atomic mass is 19.4. The molecule has 0 saturated carbocycles. The zero-order chi connectivity index (χ0) is 31.8. The highest BCUT2D eigenvalue weighted by Crippen LogP contribution is 2.44. The zero-order valence-corrected chi connectivity index (χ0v) is 24.9. The average Bonchev–Trinajstić information content (AvgIpc) is 2.96. The van der Waals surface area contributed by atoms with Crippen molar-refractivity contribution in [3.05, 3.63) is 113 Å². The maximum atomic E-state index is 14.0. The third kappa shape index (κ3) is 6.27. The summed E-state index contributed by atoms with van der Waals surface area (Å²) >= 11 is 0. The predicted molar refractivity (Wildman–Crippen MR) is 162 cm³/mol. The van der Waals surface area contributed by atoms with Crippen LogP contribution in [0.5, 0.6) is 17.2 Å². The van der Waals surface area contributed by atoms with Gasteiger partial charge in [0.05, 0.1) is 23.8 Å². The molecule has 4 aromatic rings. The molecule has 44 heavy (non-hydrogen) atoms. The van der Waals surface area contributed by atoms with E-state index < -0.39 is 29.1 Å². The molecule has 9 heteroatoms. The van der Waals surface area contributed by atoms with Gasteiger partial charge < -0.3 is 19.5 Å². The second-order valence-electron chi connectivity index (χ2n) is 11.2. The van der Waals surface area contributed by atoms with E-state index in [0.717, 1.165) is 45.6 Å². The van der Waals surface area contributed by atoms with Gasteiger partial charge in [0.15, 0.2) is 0 Å². The normalized spacial score (nSPS) is 13.8. The Morgan fingerprint density at radius 1 is 0.909 bits per heavy atom. The standard InChI is InChI=1S/C35H31F4NO4/c1-20-10-11-22(36)16-30(20)43-19-27-24(14-15-29-32(27)21(2)18-34(3,4)40-29)25-13-12-23(17-31(25)42-5)44-33(41)26-8-6-7-9-28(26)35(37,38)39/h6-18,40H,19H2,1-5H3. The first kappa shape index (κ1) is 30.7. The Labute approximate surface area is 253 Å². The number of rotatable bonds is 7. The van der Waals surface area contributed by atoms with E-state index in [9.17, 15) is 22.4 Å². The van der Waals surface area contributed by atoms with Crippen molar-refractivity contribution >= 4 is 17.2 Å². The van der Waals surface area contributed by atoms with Crippen LogP contribution in [0.1, 0.15) is 53.4 Å². The minimum atomic E-state index is -4.72. The second kappa shape index (κ2) is 11.7. The van der Waals surface area contributed by atoms with Crippen LogP contribution < -0.4 is 19.5 Å². The topological polar surface area (TPSA) is 56.8 Å². The summed E-state index contributed by atoms with van der Waals surface area (Å²) in [5, 5.41) is 3.53. The fraction of sp³-hybridized carbons (Fsp3) is 0.229. The van der Waals surface area contributed by atoms with Gasteiger partial charge in [-0.1, -0.05) is 30.3 Å². The Kier molecular flexibility index (Phi) is 8.16. The first-order valence-electron chi connectivity index (χ1n) is 13.9. The number of nitrogens with one attached hydrogen (secondary N) is 1. The van der Waals surface area contributed by atoms with Crippen LogP contribution in [0, 0.1) is 12.7 Å². The van der Waals surface area contributed by atoms with Crippen molar-refractivity contribution in [2.24, 2.45) is 0 Å². The molecule has 0 aromatic heterocycles. The zero-order valence-electron chi connectivity index (χ0n) is 24.9. The van der Waals surface area contributed by atoms with E-state index >= 15 is 0 Å². The first-order valence-corrected chi connectivity index (χ1v) is 13.9. The van der Waals surface area contributed by atoms with E-state index in [4.69, 9.17) is 14.2 Å². The number of carbonyl (C=O) groups is 1. The molecule has 1 aliphatic rings. The summed E-state index contributed by atoms with van der Waals surface area (Å²) in [7, 11) is 1.45. The van der Waals surface area contributed by atoms with Crippen molar-refractivity contribution in [2.45, 2.75) is 46.0 Å². The highest BCUT2D eigenvalue weighted by Gasteiger charge is 2.35.